The van der Waals surface area contributed by atoms with Gasteiger partial charge < -0.3 is 5.11 Å². The van der Waals surface area contributed by atoms with Crippen LogP contribution in [0.15, 0.2) is 35.4 Å². The summed E-state index contributed by atoms with van der Waals surface area (Å²) in [6, 6.07) is 4.69. The van der Waals surface area contributed by atoms with Crippen LogP contribution in [0.5, 0.6) is 0 Å². The SMILES string of the molecule is Cc1cc(=O)n(Cc2cc(F)ccc2C(=O)O)cn1. The van der Waals surface area contributed by atoms with Crippen LogP contribution in [0.2, 0.25) is 0 Å². The molecule has 98 valence electrons. The van der Waals surface area contributed by atoms with E-state index in [0.29, 0.717) is 5.69 Å². The molecular weight excluding hydrogens is 251 g/mol. The third-order valence-electron chi connectivity index (χ3n) is 2.65. The molecule has 0 fully saturated rings. The fraction of sp³-hybridized carbons (Fsp3) is 0.154. The standard InChI is InChI=1S/C13H11FN2O3/c1-8-4-12(17)16(7-15-8)6-9-5-10(14)2-3-11(9)13(18)19/h2-5,7H,6H2,1H3,(H,18,19). The Bertz CT molecular complexity index is 695. The number of nitrogens with zero attached hydrogens (tertiary/aromatic N) is 2. The molecule has 0 atom stereocenters. The number of aromatic nitrogens is 2. The molecule has 0 aliphatic heterocycles. The van der Waals surface area contributed by atoms with Crippen LogP contribution < -0.4 is 5.56 Å². The van der Waals surface area contributed by atoms with Crippen LogP contribution in [0.3, 0.4) is 0 Å². The molecule has 2 aromatic rings. The van der Waals surface area contributed by atoms with Gasteiger partial charge in [0.25, 0.3) is 5.56 Å². The van der Waals surface area contributed by atoms with Gasteiger partial charge in [0.2, 0.25) is 0 Å². The predicted molar refractivity (Wildman–Crippen MR) is 65.7 cm³/mol. The molecule has 0 bridgehead atoms. The first-order valence-electron chi connectivity index (χ1n) is 5.52. The van der Waals surface area contributed by atoms with Crippen molar-refractivity contribution in [2.45, 2.75) is 13.5 Å². The zero-order valence-electron chi connectivity index (χ0n) is 10.1. The van der Waals surface area contributed by atoms with E-state index >= 15 is 0 Å². The Kier molecular flexibility index (Phi) is 3.41. The average molecular weight is 262 g/mol. The Balaban J connectivity index is 2.45. The lowest BCUT2D eigenvalue weighted by Crippen LogP contribution is -2.21. The number of benzene rings is 1. The minimum absolute atomic E-state index is 0.0334. The van der Waals surface area contributed by atoms with Crippen LogP contribution in [-0.4, -0.2) is 20.6 Å². The first-order valence-corrected chi connectivity index (χ1v) is 5.52. The Morgan fingerprint density at radius 2 is 2.16 bits per heavy atom. The first kappa shape index (κ1) is 12.9. The van der Waals surface area contributed by atoms with Crippen LogP contribution in [0.1, 0.15) is 21.6 Å². The fourth-order valence-corrected chi connectivity index (χ4v) is 1.72. The van der Waals surface area contributed by atoms with Gasteiger partial charge in [-0.2, -0.15) is 0 Å². The molecule has 0 amide bonds. The largest absolute Gasteiger partial charge is 0.478 e. The number of aryl methyl sites for hydroxylation is 1. The molecule has 0 spiro atoms. The maximum Gasteiger partial charge on any atom is 0.336 e. The molecule has 0 radical (unpaired) electrons. The van der Waals surface area contributed by atoms with Gasteiger partial charge in [-0.25, -0.2) is 14.2 Å². The Labute approximate surface area is 108 Å². The summed E-state index contributed by atoms with van der Waals surface area (Å²) in [4.78, 5) is 26.7. The molecule has 1 heterocycles. The van der Waals surface area contributed by atoms with Crippen molar-refractivity contribution in [2.75, 3.05) is 0 Å². The molecule has 0 saturated carbocycles. The molecule has 2 rings (SSSR count). The van der Waals surface area contributed by atoms with Crippen LogP contribution in [-0.2, 0) is 6.54 Å². The van der Waals surface area contributed by atoms with Gasteiger partial charge in [0.05, 0.1) is 18.4 Å². The number of hydrogen-bond donors (Lipinski definition) is 1. The zero-order chi connectivity index (χ0) is 14.0. The summed E-state index contributed by atoms with van der Waals surface area (Å²) in [5.74, 6) is -1.71. The van der Waals surface area contributed by atoms with Crippen LogP contribution >= 0.6 is 0 Å². The molecule has 0 unspecified atom stereocenters. The van der Waals surface area contributed by atoms with Crippen molar-refractivity contribution in [3.63, 3.8) is 0 Å². The third kappa shape index (κ3) is 2.85. The molecule has 0 saturated heterocycles. The number of aromatic carboxylic acids is 1. The number of carboxylic acids is 1. The minimum Gasteiger partial charge on any atom is -0.478 e. The summed E-state index contributed by atoms with van der Waals surface area (Å²) in [5.41, 5.74) is 0.446. The van der Waals surface area contributed by atoms with Crippen LogP contribution in [0, 0.1) is 12.7 Å². The zero-order valence-corrected chi connectivity index (χ0v) is 10.1. The maximum atomic E-state index is 13.2. The molecule has 6 heteroatoms. The van der Waals surface area contributed by atoms with E-state index in [-0.39, 0.29) is 23.2 Å². The highest BCUT2D eigenvalue weighted by Gasteiger charge is 2.12. The Morgan fingerprint density at radius 1 is 1.42 bits per heavy atom. The number of hydrogen-bond acceptors (Lipinski definition) is 3. The van der Waals surface area contributed by atoms with E-state index < -0.39 is 11.8 Å². The van der Waals surface area contributed by atoms with E-state index in [4.69, 9.17) is 5.11 Å². The van der Waals surface area contributed by atoms with Crippen molar-refractivity contribution in [1.29, 1.82) is 0 Å². The van der Waals surface area contributed by atoms with Crippen molar-refractivity contribution in [2.24, 2.45) is 0 Å². The maximum absolute atomic E-state index is 13.2. The Morgan fingerprint density at radius 3 is 2.79 bits per heavy atom. The fourth-order valence-electron chi connectivity index (χ4n) is 1.72. The monoisotopic (exact) mass is 262 g/mol. The van der Waals surface area contributed by atoms with E-state index in [9.17, 15) is 14.0 Å². The normalized spacial score (nSPS) is 10.4. The summed E-state index contributed by atoms with van der Waals surface area (Å²) >= 11 is 0. The van der Waals surface area contributed by atoms with Gasteiger partial charge in [-0.05, 0) is 30.7 Å². The molecule has 19 heavy (non-hydrogen) atoms. The van der Waals surface area contributed by atoms with Crippen LogP contribution in [0.4, 0.5) is 4.39 Å². The number of rotatable bonds is 3. The van der Waals surface area contributed by atoms with Crippen molar-refractivity contribution < 1.29 is 14.3 Å². The molecule has 5 nitrogen and oxygen atoms in total. The van der Waals surface area contributed by atoms with Crippen molar-refractivity contribution >= 4 is 5.97 Å². The molecule has 1 aromatic heterocycles. The smallest absolute Gasteiger partial charge is 0.336 e. The molecule has 1 N–H and O–H groups in total. The van der Waals surface area contributed by atoms with Crippen molar-refractivity contribution in [3.8, 4) is 0 Å². The van der Waals surface area contributed by atoms with Crippen molar-refractivity contribution in [1.82, 2.24) is 9.55 Å². The van der Waals surface area contributed by atoms with Gasteiger partial charge in [-0.3, -0.25) is 9.36 Å². The summed E-state index contributed by atoms with van der Waals surface area (Å²) in [6.45, 7) is 1.64. The summed E-state index contributed by atoms with van der Waals surface area (Å²) < 4.78 is 14.4. The predicted octanol–water partition coefficient (Wildman–Crippen LogP) is 1.44. The minimum atomic E-state index is -1.16. The molecular formula is C13H11FN2O3. The second-order valence-electron chi connectivity index (χ2n) is 4.10. The number of carboxylic acid groups (broad SMARTS) is 1. The first-order chi connectivity index (χ1) is 8.97. The van der Waals surface area contributed by atoms with E-state index in [1.165, 1.54) is 23.0 Å². The number of carbonyl (C=O) groups is 1. The highest BCUT2D eigenvalue weighted by atomic mass is 19.1. The lowest BCUT2D eigenvalue weighted by atomic mass is 10.1. The molecule has 1 aromatic carbocycles. The quantitative estimate of drug-likeness (QED) is 0.908. The Hall–Kier alpha value is -2.50. The highest BCUT2D eigenvalue weighted by Crippen LogP contribution is 2.12. The van der Waals surface area contributed by atoms with Gasteiger partial charge in [-0.1, -0.05) is 0 Å². The summed E-state index contributed by atoms with van der Waals surface area (Å²) in [6.07, 6.45) is 1.31. The van der Waals surface area contributed by atoms with Crippen molar-refractivity contribution in [3.05, 3.63) is 63.6 Å². The summed E-state index contributed by atoms with van der Waals surface area (Å²) in [5, 5.41) is 9.02. The van der Waals surface area contributed by atoms with Gasteiger partial charge in [-0.15, -0.1) is 0 Å². The number of halogens is 1. The van der Waals surface area contributed by atoms with E-state index in [2.05, 4.69) is 4.98 Å². The van der Waals surface area contributed by atoms with Gasteiger partial charge in [0, 0.05) is 11.8 Å². The van der Waals surface area contributed by atoms with E-state index in [1.807, 2.05) is 0 Å². The van der Waals surface area contributed by atoms with Gasteiger partial charge >= 0.3 is 5.97 Å². The lowest BCUT2D eigenvalue weighted by molar-refractivity contribution is 0.0695. The van der Waals surface area contributed by atoms with Gasteiger partial charge in [0.1, 0.15) is 5.82 Å². The van der Waals surface area contributed by atoms with E-state index in [1.54, 1.807) is 6.92 Å². The van der Waals surface area contributed by atoms with Gasteiger partial charge in [0.15, 0.2) is 0 Å². The van der Waals surface area contributed by atoms with Crippen LogP contribution in [0.25, 0.3) is 0 Å². The summed E-state index contributed by atoms with van der Waals surface area (Å²) in [7, 11) is 0. The lowest BCUT2D eigenvalue weighted by Gasteiger charge is -2.08. The van der Waals surface area contributed by atoms with E-state index in [0.717, 1.165) is 12.1 Å². The highest BCUT2D eigenvalue weighted by molar-refractivity contribution is 5.89. The molecule has 0 aliphatic carbocycles. The average Bonchev–Trinajstić information content (AvgIpc) is 2.32. The second kappa shape index (κ2) is 5.01. The third-order valence-corrected chi connectivity index (χ3v) is 2.65. The second-order valence-corrected chi connectivity index (χ2v) is 4.10. The topological polar surface area (TPSA) is 72.2 Å². The molecule has 0 aliphatic rings.